The van der Waals surface area contributed by atoms with E-state index in [9.17, 15) is 9.90 Å². The average molecular weight is 347 g/mol. The van der Waals surface area contributed by atoms with Crippen molar-refractivity contribution in [3.05, 3.63) is 45.6 Å². The SMILES string of the molecule is COc1cccc(Cc2csc(C(=O)O)c2OC2CCNCC2)c1. The minimum atomic E-state index is -0.930. The topological polar surface area (TPSA) is 67.8 Å². The van der Waals surface area contributed by atoms with Crippen LogP contribution in [0.1, 0.15) is 33.6 Å². The number of benzene rings is 1. The van der Waals surface area contributed by atoms with E-state index in [2.05, 4.69) is 5.32 Å². The molecule has 1 aromatic heterocycles. The molecule has 1 aromatic carbocycles. The predicted octanol–water partition coefficient (Wildman–Crippen LogP) is 3.18. The molecule has 0 atom stereocenters. The van der Waals surface area contributed by atoms with Crippen molar-refractivity contribution in [2.45, 2.75) is 25.4 Å². The van der Waals surface area contributed by atoms with Gasteiger partial charge in [0.1, 0.15) is 17.6 Å². The Morgan fingerprint density at radius 3 is 2.88 bits per heavy atom. The molecule has 1 fully saturated rings. The predicted molar refractivity (Wildman–Crippen MR) is 93.6 cm³/mol. The molecule has 6 heteroatoms. The molecule has 128 valence electrons. The minimum Gasteiger partial charge on any atom is -0.497 e. The Balaban J connectivity index is 1.84. The quantitative estimate of drug-likeness (QED) is 0.840. The van der Waals surface area contributed by atoms with E-state index in [0.717, 1.165) is 42.8 Å². The van der Waals surface area contributed by atoms with Crippen LogP contribution in [0.3, 0.4) is 0 Å². The number of hydrogen-bond donors (Lipinski definition) is 2. The number of ether oxygens (including phenoxy) is 2. The van der Waals surface area contributed by atoms with Gasteiger partial charge in [0.05, 0.1) is 7.11 Å². The number of rotatable bonds is 6. The number of carboxylic acids is 1. The highest BCUT2D eigenvalue weighted by atomic mass is 32.1. The lowest BCUT2D eigenvalue weighted by Crippen LogP contribution is -2.34. The summed E-state index contributed by atoms with van der Waals surface area (Å²) in [4.78, 5) is 11.8. The van der Waals surface area contributed by atoms with Gasteiger partial charge in [0, 0.05) is 12.0 Å². The van der Waals surface area contributed by atoms with Crippen LogP contribution in [0.2, 0.25) is 0 Å². The van der Waals surface area contributed by atoms with E-state index in [0.29, 0.717) is 12.2 Å². The van der Waals surface area contributed by atoms with Gasteiger partial charge in [0.25, 0.3) is 0 Å². The first-order valence-corrected chi connectivity index (χ1v) is 8.89. The van der Waals surface area contributed by atoms with Crippen LogP contribution >= 0.6 is 11.3 Å². The normalized spacial score (nSPS) is 15.2. The van der Waals surface area contributed by atoms with Crippen molar-refractivity contribution < 1.29 is 19.4 Å². The summed E-state index contributed by atoms with van der Waals surface area (Å²) in [6.45, 7) is 1.81. The fraction of sp³-hybridized carbons (Fsp3) is 0.389. The Morgan fingerprint density at radius 2 is 2.17 bits per heavy atom. The molecule has 0 bridgehead atoms. The van der Waals surface area contributed by atoms with E-state index < -0.39 is 5.97 Å². The third-order valence-electron chi connectivity index (χ3n) is 4.11. The van der Waals surface area contributed by atoms with Gasteiger partial charge >= 0.3 is 5.97 Å². The second-order valence-electron chi connectivity index (χ2n) is 5.82. The highest BCUT2D eigenvalue weighted by molar-refractivity contribution is 7.12. The number of piperidine rings is 1. The van der Waals surface area contributed by atoms with Crippen LogP contribution in [0, 0.1) is 0 Å². The van der Waals surface area contributed by atoms with Crippen molar-refractivity contribution in [1.29, 1.82) is 0 Å². The van der Waals surface area contributed by atoms with E-state index in [-0.39, 0.29) is 11.0 Å². The van der Waals surface area contributed by atoms with Gasteiger partial charge in [-0.25, -0.2) is 4.79 Å². The van der Waals surface area contributed by atoms with Gasteiger partial charge in [-0.15, -0.1) is 11.3 Å². The summed E-state index contributed by atoms with van der Waals surface area (Å²) < 4.78 is 11.4. The highest BCUT2D eigenvalue weighted by Gasteiger charge is 2.23. The Morgan fingerprint density at radius 1 is 1.38 bits per heavy atom. The molecule has 1 aliphatic rings. The largest absolute Gasteiger partial charge is 0.497 e. The van der Waals surface area contributed by atoms with Crippen LogP contribution in [0.4, 0.5) is 0 Å². The van der Waals surface area contributed by atoms with Gasteiger partial charge in [0.2, 0.25) is 0 Å². The zero-order valence-corrected chi connectivity index (χ0v) is 14.4. The van der Waals surface area contributed by atoms with E-state index in [1.165, 1.54) is 11.3 Å². The van der Waals surface area contributed by atoms with Gasteiger partial charge in [-0.3, -0.25) is 0 Å². The van der Waals surface area contributed by atoms with Crippen molar-refractivity contribution >= 4 is 17.3 Å². The molecular formula is C18H21NO4S. The number of thiophene rings is 1. The van der Waals surface area contributed by atoms with Crippen molar-refractivity contribution in [1.82, 2.24) is 5.32 Å². The maximum absolute atomic E-state index is 11.5. The molecule has 2 N–H and O–H groups in total. The van der Waals surface area contributed by atoms with Crippen LogP contribution in [0.5, 0.6) is 11.5 Å². The fourth-order valence-electron chi connectivity index (χ4n) is 2.86. The van der Waals surface area contributed by atoms with Crippen molar-refractivity contribution in [3.8, 4) is 11.5 Å². The lowest BCUT2D eigenvalue weighted by atomic mass is 10.1. The Hall–Kier alpha value is -2.05. The first-order chi connectivity index (χ1) is 11.7. The van der Waals surface area contributed by atoms with Crippen LogP contribution < -0.4 is 14.8 Å². The van der Waals surface area contributed by atoms with Gasteiger partial charge in [-0.2, -0.15) is 0 Å². The zero-order valence-electron chi connectivity index (χ0n) is 13.6. The Bertz CT molecular complexity index is 707. The Kier molecular flexibility index (Phi) is 5.37. The van der Waals surface area contributed by atoms with Crippen molar-refractivity contribution in [3.63, 3.8) is 0 Å². The second kappa shape index (κ2) is 7.68. The Labute approximate surface area is 145 Å². The minimum absolute atomic E-state index is 0.0722. The number of aromatic carboxylic acids is 1. The molecule has 0 amide bonds. The van der Waals surface area contributed by atoms with Crippen molar-refractivity contribution in [2.24, 2.45) is 0 Å². The molecule has 0 aliphatic carbocycles. The summed E-state index contributed by atoms with van der Waals surface area (Å²) in [6.07, 6.45) is 2.49. The third-order valence-corrected chi connectivity index (χ3v) is 5.11. The van der Waals surface area contributed by atoms with Crippen LogP contribution in [0.25, 0.3) is 0 Å². The molecule has 1 saturated heterocycles. The average Bonchev–Trinajstić information content (AvgIpc) is 2.98. The van der Waals surface area contributed by atoms with E-state index in [4.69, 9.17) is 9.47 Å². The summed E-state index contributed by atoms with van der Waals surface area (Å²) in [7, 11) is 1.64. The number of nitrogens with one attached hydrogen (secondary N) is 1. The molecule has 2 heterocycles. The summed E-state index contributed by atoms with van der Waals surface area (Å²) in [6, 6.07) is 7.81. The number of carbonyl (C=O) groups is 1. The smallest absolute Gasteiger partial charge is 0.349 e. The summed E-state index contributed by atoms with van der Waals surface area (Å²) in [5, 5.41) is 14.6. The molecule has 0 unspecified atom stereocenters. The van der Waals surface area contributed by atoms with E-state index >= 15 is 0 Å². The molecule has 0 saturated carbocycles. The second-order valence-corrected chi connectivity index (χ2v) is 6.70. The molecule has 24 heavy (non-hydrogen) atoms. The maximum Gasteiger partial charge on any atom is 0.349 e. The van der Waals surface area contributed by atoms with Crippen LogP contribution in [-0.4, -0.2) is 37.4 Å². The number of hydrogen-bond acceptors (Lipinski definition) is 5. The number of carboxylic acid groups (broad SMARTS) is 1. The molecule has 2 aromatic rings. The lowest BCUT2D eigenvalue weighted by Gasteiger charge is -2.24. The maximum atomic E-state index is 11.5. The molecule has 0 radical (unpaired) electrons. The summed E-state index contributed by atoms with van der Waals surface area (Å²) in [5.74, 6) is 0.394. The molecule has 5 nitrogen and oxygen atoms in total. The van der Waals surface area contributed by atoms with E-state index in [1.54, 1.807) is 7.11 Å². The van der Waals surface area contributed by atoms with Gasteiger partial charge in [-0.05, 0) is 49.0 Å². The summed E-state index contributed by atoms with van der Waals surface area (Å²) >= 11 is 1.23. The standard InChI is InChI=1S/C18H21NO4S/c1-22-15-4-2-3-12(10-15)9-13-11-24-17(18(20)21)16(13)23-14-5-7-19-8-6-14/h2-4,10-11,14,19H,5-9H2,1H3,(H,20,21). The van der Waals surface area contributed by atoms with Crippen LogP contribution in [-0.2, 0) is 6.42 Å². The first kappa shape index (κ1) is 16.8. The van der Waals surface area contributed by atoms with Gasteiger partial charge in [0.15, 0.2) is 4.88 Å². The summed E-state index contributed by atoms with van der Waals surface area (Å²) in [5.41, 5.74) is 1.99. The highest BCUT2D eigenvalue weighted by Crippen LogP contribution is 2.34. The first-order valence-electron chi connectivity index (χ1n) is 8.01. The third kappa shape index (κ3) is 3.88. The van der Waals surface area contributed by atoms with Crippen LogP contribution in [0.15, 0.2) is 29.6 Å². The number of methoxy groups -OCH3 is 1. The zero-order chi connectivity index (χ0) is 16.9. The molecular weight excluding hydrogens is 326 g/mol. The van der Waals surface area contributed by atoms with E-state index in [1.807, 2.05) is 29.6 Å². The molecule has 3 rings (SSSR count). The molecule has 0 spiro atoms. The fourth-order valence-corrected chi connectivity index (χ4v) is 3.70. The molecule has 1 aliphatic heterocycles. The van der Waals surface area contributed by atoms with Crippen molar-refractivity contribution in [2.75, 3.05) is 20.2 Å². The monoisotopic (exact) mass is 347 g/mol. The van der Waals surface area contributed by atoms with Gasteiger partial charge < -0.3 is 19.9 Å². The van der Waals surface area contributed by atoms with Gasteiger partial charge in [-0.1, -0.05) is 12.1 Å². The lowest BCUT2D eigenvalue weighted by molar-refractivity contribution is 0.0693.